The van der Waals surface area contributed by atoms with Crippen LogP contribution in [-0.4, -0.2) is 10.8 Å². The van der Waals surface area contributed by atoms with E-state index in [9.17, 15) is 14.9 Å². The van der Waals surface area contributed by atoms with Gasteiger partial charge in [-0.15, -0.1) is 0 Å². The molecular formula is C17H11BrN2O3. The van der Waals surface area contributed by atoms with Crippen molar-refractivity contribution in [1.29, 1.82) is 0 Å². The fourth-order valence-electron chi connectivity index (χ4n) is 2.32. The molecule has 3 aromatic rings. The number of hydrogen-bond acceptors (Lipinski definition) is 3. The average Bonchev–Trinajstić information content (AvgIpc) is 2.55. The van der Waals surface area contributed by atoms with Crippen LogP contribution in [0.15, 0.2) is 65.1 Å². The van der Waals surface area contributed by atoms with E-state index in [1.54, 1.807) is 6.07 Å². The molecule has 0 saturated carbocycles. The third kappa shape index (κ3) is 3.07. The number of rotatable bonds is 3. The molecule has 0 fully saturated rings. The Morgan fingerprint density at radius 3 is 2.57 bits per heavy atom. The highest BCUT2D eigenvalue weighted by molar-refractivity contribution is 9.10. The highest BCUT2D eigenvalue weighted by Gasteiger charge is 2.16. The lowest BCUT2D eigenvalue weighted by atomic mass is 10.1. The van der Waals surface area contributed by atoms with Crippen LogP contribution in [0.3, 0.4) is 0 Å². The Labute approximate surface area is 140 Å². The van der Waals surface area contributed by atoms with Gasteiger partial charge in [0, 0.05) is 22.7 Å². The van der Waals surface area contributed by atoms with Crippen molar-refractivity contribution >= 4 is 44.0 Å². The molecule has 23 heavy (non-hydrogen) atoms. The summed E-state index contributed by atoms with van der Waals surface area (Å²) in [7, 11) is 0. The number of nitrogens with one attached hydrogen (secondary N) is 1. The molecule has 0 spiro atoms. The number of nitro benzene ring substituents is 1. The molecular weight excluding hydrogens is 360 g/mol. The molecule has 3 rings (SSSR count). The van der Waals surface area contributed by atoms with Gasteiger partial charge in [0.05, 0.1) is 9.40 Å². The van der Waals surface area contributed by atoms with Crippen molar-refractivity contribution in [3.8, 4) is 0 Å². The van der Waals surface area contributed by atoms with E-state index in [1.807, 2.05) is 36.4 Å². The van der Waals surface area contributed by atoms with E-state index < -0.39 is 10.8 Å². The third-order valence-electron chi connectivity index (χ3n) is 3.44. The Kier molecular flexibility index (Phi) is 4.08. The standard InChI is InChI=1S/C17H11BrN2O3/c18-14-9-8-12(10-16(14)20(22)23)17(21)19-15-7-3-5-11-4-1-2-6-13(11)15/h1-10H,(H,19,21). The third-order valence-corrected chi connectivity index (χ3v) is 4.11. The summed E-state index contributed by atoms with van der Waals surface area (Å²) in [4.78, 5) is 22.8. The zero-order chi connectivity index (χ0) is 16.4. The topological polar surface area (TPSA) is 72.2 Å². The summed E-state index contributed by atoms with van der Waals surface area (Å²) in [5, 5.41) is 15.7. The minimum absolute atomic E-state index is 0.143. The number of nitrogens with zero attached hydrogens (tertiary/aromatic N) is 1. The van der Waals surface area contributed by atoms with Crippen molar-refractivity contribution in [2.45, 2.75) is 0 Å². The molecule has 0 aromatic heterocycles. The summed E-state index contributed by atoms with van der Waals surface area (Å²) >= 11 is 3.11. The van der Waals surface area contributed by atoms with E-state index in [1.165, 1.54) is 18.2 Å². The maximum Gasteiger partial charge on any atom is 0.284 e. The molecule has 1 amide bonds. The fourth-order valence-corrected chi connectivity index (χ4v) is 2.71. The van der Waals surface area contributed by atoms with Gasteiger partial charge in [-0.1, -0.05) is 36.4 Å². The van der Waals surface area contributed by atoms with Crippen molar-refractivity contribution in [2.75, 3.05) is 5.32 Å². The quantitative estimate of drug-likeness (QED) is 0.533. The van der Waals surface area contributed by atoms with Crippen LogP contribution in [0.1, 0.15) is 10.4 Å². The summed E-state index contributed by atoms with van der Waals surface area (Å²) in [6, 6.07) is 17.6. The molecule has 0 aliphatic rings. The number of carbonyl (C=O) groups excluding carboxylic acids is 1. The van der Waals surface area contributed by atoms with Crippen LogP contribution in [0.2, 0.25) is 0 Å². The fraction of sp³-hybridized carbons (Fsp3) is 0. The highest BCUT2D eigenvalue weighted by atomic mass is 79.9. The van der Waals surface area contributed by atoms with Crippen LogP contribution in [0.25, 0.3) is 10.8 Å². The van der Waals surface area contributed by atoms with E-state index in [0.29, 0.717) is 10.2 Å². The van der Waals surface area contributed by atoms with Crippen molar-refractivity contribution in [2.24, 2.45) is 0 Å². The van der Waals surface area contributed by atoms with Crippen molar-refractivity contribution in [3.63, 3.8) is 0 Å². The first-order valence-corrected chi connectivity index (χ1v) is 7.58. The monoisotopic (exact) mass is 370 g/mol. The highest BCUT2D eigenvalue weighted by Crippen LogP contribution is 2.27. The van der Waals surface area contributed by atoms with Gasteiger partial charge in [0.1, 0.15) is 0 Å². The normalized spacial score (nSPS) is 10.5. The lowest BCUT2D eigenvalue weighted by Crippen LogP contribution is -2.12. The van der Waals surface area contributed by atoms with Crippen LogP contribution in [-0.2, 0) is 0 Å². The number of anilines is 1. The molecule has 0 aliphatic carbocycles. The van der Waals surface area contributed by atoms with Gasteiger partial charge in [0.15, 0.2) is 0 Å². The first-order chi connectivity index (χ1) is 11.1. The molecule has 1 N–H and O–H groups in total. The zero-order valence-electron chi connectivity index (χ0n) is 11.8. The van der Waals surface area contributed by atoms with Gasteiger partial charge in [-0.05, 0) is 39.5 Å². The molecule has 114 valence electrons. The van der Waals surface area contributed by atoms with Gasteiger partial charge in [-0.2, -0.15) is 0 Å². The Morgan fingerprint density at radius 1 is 1.04 bits per heavy atom. The largest absolute Gasteiger partial charge is 0.321 e. The molecule has 5 nitrogen and oxygen atoms in total. The summed E-state index contributed by atoms with van der Waals surface area (Å²) in [5.41, 5.74) is 0.752. The minimum Gasteiger partial charge on any atom is -0.321 e. The number of benzene rings is 3. The first kappa shape index (κ1) is 15.2. The summed E-state index contributed by atoms with van der Waals surface area (Å²) in [6.45, 7) is 0. The lowest BCUT2D eigenvalue weighted by molar-refractivity contribution is -0.385. The van der Waals surface area contributed by atoms with Crippen LogP contribution < -0.4 is 5.32 Å². The second kappa shape index (κ2) is 6.18. The van der Waals surface area contributed by atoms with Gasteiger partial charge < -0.3 is 5.32 Å². The van der Waals surface area contributed by atoms with Crippen LogP contribution >= 0.6 is 15.9 Å². The molecule has 0 bridgehead atoms. The van der Waals surface area contributed by atoms with Crippen LogP contribution in [0.5, 0.6) is 0 Å². The van der Waals surface area contributed by atoms with Crippen molar-refractivity contribution in [3.05, 3.63) is 80.8 Å². The molecule has 3 aromatic carbocycles. The van der Waals surface area contributed by atoms with Crippen LogP contribution in [0, 0.1) is 10.1 Å². The summed E-state index contributed by atoms with van der Waals surface area (Å²) < 4.78 is 0.337. The second-order valence-corrected chi connectivity index (χ2v) is 5.76. The Hall–Kier alpha value is -2.73. The predicted molar refractivity (Wildman–Crippen MR) is 92.7 cm³/mol. The number of nitro groups is 1. The van der Waals surface area contributed by atoms with Crippen molar-refractivity contribution in [1.82, 2.24) is 0 Å². The van der Waals surface area contributed by atoms with Gasteiger partial charge >= 0.3 is 0 Å². The lowest BCUT2D eigenvalue weighted by Gasteiger charge is -2.09. The molecule has 0 atom stereocenters. The average molecular weight is 371 g/mol. The maximum absolute atomic E-state index is 12.4. The number of carbonyl (C=O) groups is 1. The molecule has 0 saturated heterocycles. The maximum atomic E-state index is 12.4. The van der Waals surface area contributed by atoms with E-state index >= 15 is 0 Å². The minimum atomic E-state index is -0.529. The number of fused-ring (bicyclic) bond motifs is 1. The second-order valence-electron chi connectivity index (χ2n) is 4.90. The number of halogens is 1. The zero-order valence-corrected chi connectivity index (χ0v) is 13.4. The molecule has 0 aliphatic heterocycles. The van der Waals surface area contributed by atoms with E-state index in [0.717, 1.165) is 10.8 Å². The molecule has 0 unspecified atom stereocenters. The smallest absolute Gasteiger partial charge is 0.284 e. The molecule has 0 radical (unpaired) electrons. The SMILES string of the molecule is O=C(Nc1cccc2ccccc12)c1ccc(Br)c([N+](=O)[O-])c1. The first-order valence-electron chi connectivity index (χ1n) is 6.79. The summed E-state index contributed by atoms with van der Waals surface area (Å²) in [5.74, 6) is -0.392. The van der Waals surface area contributed by atoms with E-state index in [4.69, 9.17) is 0 Å². The van der Waals surface area contributed by atoms with Gasteiger partial charge in [0.2, 0.25) is 0 Å². The summed E-state index contributed by atoms with van der Waals surface area (Å²) in [6.07, 6.45) is 0. The number of amides is 1. The Morgan fingerprint density at radius 2 is 1.78 bits per heavy atom. The Balaban J connectivity index is 1.95. The Bertz CT molecular complexity index is 919. The van der Waals surface area contributed by atoms with E-state index in [2.05, 4.69) is 21.2 Å². The van der Waals surface area contributed by atoms with Gasteiger partial charge in [-0.3, -0.25) is 14.9 Å². The number of hydrogen-bond donors (Lipinski definition) is 1. The van der Waals surface area contributed by atoms with Gasteiger partial charge in [-0.25, -0.2) is 0 Å². The predicted octanol–water partition coefficient (Wildman–Crippen LogP) is 4.76. The van der Waals surface area contributed by atoms with Crippen LogP contribution in [0.4, 0.5) is 11.4 Å². The van der Waals surface area contributed by atoms with Crippen molar-refractivity contribution < 1.29 is 9.72 Å². The molecule has 6 heteroatoms. The molecule has 0 heterocycles. The van der Waals surface area contributed by atoms with Gasteiger partial charge in [0.25, 0.3) is 11.6 Å². The van der Waals surface area contributed by atoms with E-state index in [-0.39, 0.29) is 11.3 Å².